The first kappa shape index (κ1) is 19.9. The largest absolute Gasteiger partial charge is 0.449 e. The standard InChI is InChI=1S/C25H23NO4/c27-14-19(16-29-15-18-8-2-1-3-9-18)26-25(28)30-17-24-22-12-6-4-10-20(22)21-11-5-7-13-23(21)24/h1-14,19,24H,15-17H2,(H,26,28)/t19-/m1/s1. The first-order valence-corrected chi connectivity index (χ1v) is 9.94. The number of fused-ring (bicyclic) bond motifs is 3. The summed E-state index contributed by atoms with van der Waals surface area (Å²) in [4.78, 5) is 23.6. The Hall–Kier alpha value is -3.44. The highest BCUT2D eigenvalue weighted by Crippen LogP contribution is 2.44. The molecule has 0 spiro atoms. The van der Waals surface area contributed by atoms with E-state index >= 15 is 0 Å². The number of amides is 1. The van der Waals surface area contributed by atoms with Gasteiger partial charge < -0.3 is 19.6 Å². The van der Waals surface area contributed by atoms with Crippen LogP contribution >= 0.6 is 0 Å². The maximum absolute atomic E-state index is 12.3. The third-order valence-electron chi connectivity index (χ3n) is 5.22. The minimum absolute atomic E-state index is 0.0211. The van der Waals surface area contributed by atoms with E-state index in [0.717, 1.165) is 16.7 Å². The van der Waals surface area contributed by atoms with Crippen LogP contribution in [0.2, 0.25) is 0 Å². The van der Waals surface area contributed by atoms with E-state index in [1.54, 1.807) is 0 Å². The van der Waals surface area contributed by atoms with Crippen molar-refractivity contribution in [2.45, 2.75) is 18.6 Å². The first-order chi connectivity index (χ1) is 14.8. The number of nitrogens with one attached hydrogen (secondary N) is 1. The van der Waals surface area contributed by atoms with Gasteiger partial charge in [-0.1, -0.05) is 78.9 Å². The van der Waals surface area contributed by atoms with Gasteiger partial charge in [0.1, 0.15) is 18.9 Å². The Balaban J connectivity index is 1.31. The topological polar surface area (TPSA) is 64.6 Å². The summed E-state index contributed by atoms with van der Waals surface area (Å²) >= 11 is 0. The van der Waals surface area contributed by atoms with Gasteiger partial charge in [-0.2, -0.15) is 0 Å². The average Bonchev–Trinajstić information content (AvgIpc) is 3.11. The highest BCUT2D eigenvalue weighted by Gasteiger charge is 2.29. The lowest BCUT2D eigenvalue weighted by atomic mass is 9.98. The summed E-state index contributed by atoms with van der Waals surface area (Å²) in [6.07, 6.45) is 0.0316. The second-order valence-corrected chi connectivity index (χ2v) is 7.21. The molecule has 152 valence electrons. The molecule has 0 aliphatic heterocycles. The van der Waals surface area contributed by atoms with Crippen LogP contribution in [-0.2, 0) is 20.9 Å². The third-order valence-corrected chi connectivity index (χ3v) is 5.22. The predicted octanol–water partition coefficient (Wildman–Crippen LogP) is 4.31. The lowest BCUT2D eigenvalue weighted by Crippen LogP contribution is -2.40. The number of carbonyl (C=O) groups excluding carboxylic acids is 2. The van der Waals surface area contributed by atoms with E-state index in [1.807, 2.05) is 54.6 Å². The molecule has 0 radical (unpaired) electrons. The molecule has 3 aromatic carbocycles. The molecule has 5 heteroatoms. The van der Waals surface area contributed by atoms with Crippen molar-refractivity contribution >= 4 is 12.4 Å². The van der Waals surface area contributed by atoms with Crippen LogP contribution in [-0.4, -0.2) is 31.6 Å². The van der Waals surface area contributed by atoms with Gasteiger partial charge in [-0.05, 0) is 27.8 Å². The summed E-state index contributed by atoms with van der Waals surface area (Å²) in [5, 5.41) is 2.57. The number of hydrogen-bond donors (Lipinski definition) is 1. The molecular formula is C25H23NO4. The van der Waals surface area contributed by atoms with Crippen LogP contribution in [0.5, 0.6) is 0 Å². The molecule has 0 fully saturated rings. The maximum atomic E-state index is 12.3. The average molecular weight is 401 g/mol. The van der Waals surface area contributed by atoms with Crippen molar-refractivity contribution in [3.8, 4) is 11.1 Å². The molecule has 1 aliphatic rings. The van der Waals surface area contributed by atoms with Crippen LogP contribution < -0.4 is 5.32 Å². The Labute approximate surface area is 175 Å². The van der Waals surface area contributed by atoms with E-state index in [2.05, 4.69) is 29.6 Å². The summed E-state index contributed by atoms with van der Waals surface area (Å²) in [7, 11) is 0. The minimum Gasteiger partial charge on any atom is -0.449 e. The van der Waals surface area contributed by atoms with E-state index in [1.165, 1.54) is 11.1 Å². The van der Waals surface area contributed by atoms with E-state index in [-0.39, 0.29) is 19.1 Å². The van der Waals surface area contributed by atoms with Gasteiger partial charge in [-0.25, -0.2) is 4.79 Å². The SMILES string of the molecule is O=C[C@H](COCc1ccccc1)NC(=O)OCC1c2ccccc2-c2ccccc21. The molecule has 4 rings (SSSR count). The Morgan fingerprint density at radius 3 is 2.13 bits per heavy atom. The molecule has 1 amide bonds. The van der Waals surface area contributed by atoms with Crippen molar-refractivity contribution in [2.75, 3.05) is 13.2 Å². The zero-order valence-corrected chi connectivity index (χ0v) is 16.5. The van der Waals surface area contributed by atoms with Crippen LogP contribution in [0.4, 0.5) is 4.79 Å². The Kier molecular flexibility index (Phi) is 6.20. The molecule has 0 saturated heterocycles. The van der Waals surface area contributed by atoms with Gasteiger partial charge in [-0.3, -0.25) is 0 Å². The van der Waals surface area contributed by atoms with Gasteiger partial charge in [0.25, 0.3) is 0 Å². The molecule has 0 bridgehead atoms. The number of aldehydes is 1. The lowest BCUT2D eigenvalue weighted by molar-refractivity contribution is -0.111. The van der Waals surface area contributed by atoms with Crippen molar-refractivity contribution < 1.29 is 19.1 Å². The number of benzene rings is 3. The molecule has 1 atom stereocenters. The molecule has 0 heterocycles. The van der Waals surface area contributed by atoms with Crippen LogP contribution in [0.1, 0.15) is 22.6 Å². The smallest absolute Gasteiger partial charge is 0.407 e. The zero-order chi connectivity index (χ0) is 20.8. The minimum atomic E-state index is -0.760. The van der Waals surface area contributed by atoms with E-state index in [9.17, 15) is 9.59 Å². The molecule has 0 aromatic heterocycles. The van der Waals surface area contributed by atoms with Gasteiger partial charge in [0.2, 0.25) is 0 Å². The number of alkyl carbamates (subject to hydrolysis) is 1. The fraction of sp³-hybridized carbons (Fsp3) is 0.200. The van der Waals surface area contributed by atoms with E-state index in [0.29, 0.717) is 12.9 Å². The molecule has 0 unspecified atom stereocenters. The molecule has 1 N–H and O–H groups in total. The third kappa shape index (κ3) is 4.42. The van der Waals surface area contributed by atoms with Crippen LogP contribution in [0, 0.1) is 0 Å². The Bertz CT molecular complexity index is 973. The van der Waals surface area contributed by atoms with Crippen molar-refractivity contribution in [2.24, 2.45) is 0 Å². The van der Waals surface area contributed by atoms with Crippen molar-refractivity contribution in [1.29, 1.82) is 0 Å². The lowest BCUT2D eigenvalue weighted by Gasteiger charge is -2.17. The highest BCUT2D eigenvalue weighted by atomic mass is 16.5. The number of rotatable bonds is 8. The van der Waals surface area contributed by atoms with Crippen molar-refractivity contribution in [1.82, 2.24) is 5.32 Å². The maximum Gasteiger partial charge on any atom is 0.407 e. The number of carbonyl (C=O) groups is 2. The summed E-state index contributed by atoms with van der Waals surface area (Å²) in [5.41, 5.74) is 5.63. The van der Waals surface area contributed by atoms with Gasteiger partial charge >= 0.3 is 6.09 Å². The zero-order valence-electron chi connectivity index (χ0n) is 16.5. The van der Waals surface area contributed by atoms with Gasteiger partial charge in [0.05, 0.1) is 13.2 Å². The van der Waals surface area contributed by atoms with E-state index < -0.39 is 12.1 Å². The second kappa shape index (κ2) is 9.37. The Morgan fingerprint density at radius 2 is 1.50 bits per heavy atom. The van der Waals surface area contributed by atoms with Crippen molar-refractivity contribution in [3.63, 3.8) is 0 Å². The van der Waals surface area contributed by atoms with Gasteiger partial charge in [0, 0.05) is 5.92 Å². The number of hydrogen-bond acceptors (Lipinski definition) is 4. The molecule has 30 heavy (non-hydrogen) atoms. The summed E-state index contributed by atoms with van der Waals surface area (Å²) in [6, 6.07) is 25.2. The first-order valence-electron chi connectivity index (χ1n) is 9.94. The number of ether oxygens (including phenoxy) is 2. The molecule has 3 aromatic rings. The second-order valence-electron chi connectivity index (χ2n) is 7.21. The molecular weight excluding hydrogens is 378 g/mol. The fourth-order valence-electron chi connectivity index (χ4n) is 3.78. The Morgan fingerprint density at radius 1 is 0.900 bits per heavy atom. The molecule has 5 nitrogen and oxygen atoms in total. The molecule has 0 saturated carbocycles. The fourth-order valence-corrected chi connectivity index (χ4v) is 3.78. The highest BCUT2D eigenvalue weighted by molar-refractivity contribution is 5.79. The van der Waals surface area contributed by atoms with Gasteiger partial charge in [0.15, 0.2) is 0 Å². The summed E-state index contributed by atoms with van der Waals surface area (Å²) in [6.45, 7) is 0.663. The predicted molar refractivity (Wildman–Crippen MR) is 114 cm³/mol. The summed E-state index contributed by atoms with van der Waals surface area (Å²) in [5.74, 6) is -0.0211. The van der Waals surface area contributed by atoms with Crippen LogP contribution in [0.15, 0.2) is 78.9 Å². The molecule has 1 aliphatic carbocycles. The van der Waals surface area contributed by atoms with Gasteiger partial charge in [-0.15, -0.1) is 0 Å². The van der Waals surface area contributed by atoms with Crippen molar-refractivity contribution in [3.05, 3.63) is 95.6 Å². The summed E-state index contributed by atoms with van der Waals surface area (Å²) < 4.78 is 11.0. The monoisotopic (exact) mass is 401 g/mol. The van der Waals surface area contributed by atoms with E-state index in [4.69, 9.17) is 9.47 Å². The quantitative estimate of drug-likeness (QED) is 0.571. The van der Waals surface area contributed by atoms with Crippen LogP contribution in [0.25, 0.3) is 11.1 Å². The van der Waals surface area contributed by atoms with Crippen LogP contribution in [0.3, 0.4) is 0 Å². The normalized spacial score (nSPS) is 13.2.